The molecule has 2 N–H and O–H groups in total. The van der Waals surface area contributed by atoms with Crippen LogP contribution < -0.4 is 20.1 Å². The molecule has 3 aromatic rings. The molecule has 0 saturated heterocycles. The van der Waals surface area contributed by atoms with Crippen molar-refractivity contribution in [2.24, 2.45) is 0 Å². The first kappa shape index (κ1) is 20.4. The third-order valence-electron chi connectivity index (χ3n) is 4.53. The normalized spacial score (nSPS) is 10.6. The lowest BCUT2D eigenvalue weighted by molar-refractivity contribution is 0.0954. The van der Waals surface area contributed by atoms with E-state index in [1.165, 1.54) is 0 Å². The van der Waals surface area contributed by atoms with Gasteiger partial charge in [-0.15, -0.1) is 0 Å². The van der Waals surface area contributed by atoms with Gasteiger partial charge in [-0.05, 0) is 50.3 Å². The van der Waals surface area contributed by atoms with Gasteiger partial charge in [0.1, 0.15) is 17.2 Å². The van der Waals surface area contributed by atoms with E-state index in [0.29, 0.717) is 34.9 Å². The van der Waals surface area contributed by atoms with Crippen LogP contribution in [0.3, 0.4) is 0 Å². The highest BCUT2D eigenvalue weighted by Gasteiger charge is 2.21. The van der Waals surface area contributed by atoms with Crippen molar-refractivity contribution in [3.05, 3.63) is 60.3 Å². The fourth-order valence-corrected chi connectivity index (χ4v) is 3.01. The molecule has 7 heteroatoms. The first-order valence-corrected chi connectivity index (χ1v) is 9.48. The zero-order valence-corrected chi connectivity index (χ0v) is 16.9. The van der Waals surface area contributed by atoms with Crippen LogP contribution >= 0.6 is 0 Å². The Kier molecular flexibility index (Phi) is 6.86. The lowest BCUT2D eigenvalue weighted by atomic mass is 10.1. The average Bonchev–Trinajstić information content (AvgIpc) is 3.22. The zero-order chi connectivity index (χ0) is 20.6. The van der Waals surface area contributed by atoms with E-state index in [4.69, 9.17) is 14.6 Å². The number of amides is 1. The zero-order valence-electron chi connectivity index (χ0n) is 16.9. The van der Waals surface area contributed by atoms with Crippen molar-refractivity contribution in [1.82, 2.24) is 20.4 Å². The van der Waals surface area contributed by atoms with Gasteiger partial charge in [0.05, 0.1) is 25.5 Å². The van der Waals surface area contributed by atoms with Crippen LogP contribution in [0.5, 0.6) is 11.5 Å². The fraction of sp³-hybridized carbons (Fsp3) is 0.273. The Bertz CT molecular complexity index is 954. The molecule has 3 rings (SSSR count). The quantitative estimate of drug-likeness (QED) is 0.546. The second kappa shape index (κ2) is 9.75. The van der Waals surface area contributed by atoms with E-state index >= 15 is 0 Å². The molecular weight excluding hydrogens is 368 g/mol. The predicted molar refractivity (Wildman–Crippen MR) is 113 cm³/mol. The fourth-order valence-electron chi connectivity index (χ4n) is 3.01. The van der Waals surface area contributed by atoms with Crippen molar-refractivity contribution >= 4 is 5.91 Å². The molecule has 0 saturated carbocycles. The summed E-state index contributed by atoms with van der Waals surface area (Å²) in [6.07, 6.45) is 2.59. The number of carbonyl (C=O) groups excluding carboxylic acids is 1. The van der Waals surface area contributed by atoms with Gasteiger partial charge in [0.25, 0.3) is 5.91 Å². The summed E-state index contributed by atoms with van der Waals surface area (Å²) in [5.74, 6) is 1.10. The first-order valence-electron chi connectivity index (χ1n) is 9.48. The molecule has 0 aliphatic carbocycles. The van der Waals surface area contributed by atoms with Gasteiger partial charge in [-0.2, -0.15) is 5.10 Å². The van der Waals surface area contributed by atoms with Gasteiger partial charge >= 0.3 is 0 Å². The third kappa shape index (κ3) is 4.75. The molecule has 2 aromatic carbocycles. The van der Waals surface area contributed by atoms with Gasteiger partial charge in [-0.3, -0.25) is 4.79 Å². The summed E-state index contributed by atoms with van der Waals surface area (Å²) in [5.41, 5.74) is 2.58. The smallest absolute Gasteiger partial charge is 0.255 e. The number of benzene rings is 2. The number of aromatic nitrogens is 2. The second-order valence-electron chi connectivity index (χ2n) is 6.45. The molecule has 7 nitrogen and oxygen atoms in total. The first-order chi connectivity index (χ1) is 14.2. The highest BCUT2D eigenvalue weighted by Crippen LogP contribution is 2.35. The Labute approximate surface area is 170 Å². The summed E-state index contributed by atoms with van der Waals surface area (Å²) >= 11 is 0. The van der Waals surface area contributed by atoms with Crippen LogP contribution in [0.1, 0.15) is 16.8 Å². The van der Waals surface area contributed by atoms with E-state index in [-0.39, 0.29) is 5.91 Å². The molecule has 0 aliphatic heterocycles. The molecular formula is C22H26N4O3. The number of para-hydroxylation sites is 1. The number of hydrogen-bond acceptors (Lipinski definition) is 5. The van der Waals surface area contributed by atoms with Gasteiger partial charge in [0.2, 0.25) is 0 Å². The van der Waals surface area contributed by atoms with E-state index in [1.807, 2.05) is 55.6 Å². The topological polar surface area (TPSA) is 77.4 Å². The van der Waals surface area contributed by atoms with Gasteiger partial charge in [-0.25, -0.2) is 4.68 Å². The number of hydrogen-bond donors (Lipinski definition) is 2. The van der Waals surface area contributed by atoms with E-state index in [2.05, 4.69) is 10.6 Å². The van der Waals surface area contributed by atoms with Crippen LogP contribution in [0.25, 0.3) is 16.9 Å². The van der Waals surface area contributed by atoms with Crippen molar-refractivity contribution in [3.63, 3.8) is 0 Å². The number of nitrogens with one attached hydrogen (secondary N) is 2. The summed E-state index contributed by atoms with van der Waals surface area (Å²) in [6, 6.07) is 15.1. The van der Waals surface area contributed by atoms with E-state index < -0.39 is 0 Å². The Morgan fingerprint density at radius 1 is 1.07 bits per heavy atom. The Morgan fingerprint density at radius 3 is 2.55 bits per heavy atom. The predicted octanol–water partition coefficient (Wildman–Crippen LogP) is 2.90. The van der Waals surface area contributed by atoms with Gasteiger partial charge < -0.3 is 20.1 Å². The van der Waals surface area contributed by atoms with Crippen LogP contribution in [-0.4, -0.2) is 50.0 Å². The van der Waals surface area contributed by atoms with Crippen molar-refractivity contribution in [2.45, 2.75) is 6.42 Å². The lowest BCUT2D eigenvalue weighted by Crippen LogP contribution is -2.26. The molecule has 0 bridgehead atoms. The van der Waals surface area contributed by atoms with Crippen LogP contribution in [0.2, 0.25) is 0 Å². The number of methoxy groups -OCH3 is 2. The summed E-state index contributed by atoms with van der Waals surface area (Å²) in [6.45, 7) is 1.41. The molecule has 29 heavy (non-hydrogen) atoms. The van der Waals surface area contributed by atoms with Crippen LogP contribution in [-0.2, 0) is 0 Å². The maximum Gasteiger partial charge on any atom is 0.255 e. The lowest BCUT2D eigenvalue weighted by Gasteiger charge is -2.10. The van der Waals surface area contributed by atoms with Crippen LogP contribution in [0.15, 0.2) is 54.7 Å². The Morgan fingerprint density at radius 2 is 1.86 bits per heavy atom. The minimum atomic E-state index is -0.178. The molecule has 0 radical (unpaired) electrons. The number of ether oxygens (including phenoxy) is 2. The second-order valence-corrected chi connectivity index (χ2v) is 6.45. The van der Waals surface area contributed by atoms with E-state index in [1.54, 1.807) is 25.1 Å². The van der Waals surface area contributed by atoms with Crippen molar-refractivity contribution in [1.29, 1.82) is 0 Å². The van der Waals surface area contributed by atoms with Crippen LogP contribution in [0.4, 0.5) is 0 Å². The molecule has 1 amide bonds. The van der Waals surface area contributed by atoms with Crippen LogP contribution in [0, 0.1) is 0 Å². The SMILES string of the molecule is CNCCCNC(=O)c1cn(-c2ccccc2)nc1-c1cc(OC)ccc1OC. The average molecular weight is 394 g/mol. The molecule has 1 heterocycles. The van der Waals surface area contributed by atoms with Gasteiger partial charge in [-0.1, -0.05) is 18.2 Å². The third-order valence-corrected chi connectivity index (χ3v) is 4.53. The Balaban J connectivity index is 2.05. The van der Waals surface area contributed by atoms with Crippen molar-refractivity contribution in [2.75, 3.05) is 34.4 Å². The van der Waals surface area contributed by atoms with Crippen molar-refractivity contribution in [3.8, 4) is 28.4 Å². The van der Waals surface area contributed by atoms with Crippen molar-refractivity contribution < 1.29 is 14.3 Å². The molecule has 1 aromatic heterocycles. The minimum absolute atomic E-state index is 0.178. The summed E-state index contributed by atoms with van der Waals surface area (Å²) in [7, 11) is 5.08. The molecule has 0 unspecified atom stereocenters. The largest absolute Gasteiger partial charge is 0.497 e. The summed E-state index contributed by atoms with van der Waals surface area (Å²) in [4.78, 5) is 12.9. The number of nitrogens with zero attached hydrogens (tertiary/aromatic N) is 2. The summed E-state index contributed by atoms with van der Waals surface area (Å²) < 4.78 is 12.6. The highest BCUT2D eigenvalue weighted by atomic mass is 16.5. The maximum atomic E-state index is 12.9. The molecule has 0 aliphatic rings. The van der Waals surface area contributed by atoms with Gasteiger partial charge in [0.15, 0.2) is 0 Å². The standard InChI is InChI=1S/C22H26N4O3/c1-23-12-7-13-24-22(27)19-15-26(16-8-5-4-6-9-16)25-21(19)18-14-17(28-2)10-11-20(18)29-3/h4-6,8-11,14-15,23H,7,12-13H2,1-3H3,(H,24,27). The van der Waals surface area contributed by atoms with E-state index in [9.17, 15) is 4.79 Å². The summed E-state index contributed by atoms with van der Waals surface area (Å²) in [5, 5.41) is 10.8. The monoisotopic (exact) mass is 394 g/mol. The minimum Gasteiger partial charge on any atom is -0.497 e. The molecule has 152 valence electrons. The Hall–Kier alpha value is -3.32. The molecule has 0 spiro atoms. The number of carbonyl (C=O) groups is 1. The maximum absolute atomic E-state index is 12.9. The highest BCUT2D eigenvalue weighted by molar-refractivity contribution is 6.00. The number of rotatable bonds is 9. The van der Waals surface area contributed by atoms with Gasteiger partial charge in [0, 0.05) is 18.3 Å². The molecule has 0 atom stereocenters. The van der Waals surface area contributed by atoms with E-state index in [0.717, 1.165) is 18.7 Å². The molecule has 0 fully saturated rings.